The molecule has 1 aromatic carbocycles. The molecule has 0 saturated carbocycles. The number of hydrogen-bond donors (Lipinski definition) is 0. The van der Waals surface area contributed by atoms with Crippen LogP contribution in [0.5, 0.6) is 0 Å². The first kappa shape index (κ1) is 13.0. The van der Waals surface area contributed by atoms with E-state index < -0.39 is 0 Å². The molecule has 0 amide bonds. The van der Waals surface area contributed by atoms with Crippen LogP contribution in [0.3, 0.4) is 0 Å². The number of rotatable bonds is 7. The number of allylic oxidation sites excluding steroid dienone is 2. The molecule has 0 fully saturated rings. The van der Waals surface area contributed by atoms with Gasteiger partial charge >= 0.3 is 0 Å². The number of hydrogen-bond acceptors (Lipinski definition) is 0. The molecular weight excluding hydrogens is 192 g/mol. The van der Waals surface area contributed by atoms with Crippen molar-refractivity contribution in [3.05, 3.63) is 47.5 Å². The fourth-order valence-electron chi connectivity index (χ4n) is 1.88. The van der Waals surface area contributed by atoms with Crippen LogP contribution in [0.25, 0.3) is 0 Å². The summed E-state index contributed by atoms with van der Waals surface area (Å²) in [6.07, 6.45) is 12.3. The van der Waals surface area contributed by atoms with Crippen molar-refractivity contribution >= 4 is 0 Å². The van der Waals surface area contributed by atoms with Gasteiger partial charge in [-0.3, -0.25) is 0 Å². The molecule has 0 aliphatic rings. The van der Waals surface area contributed by atoms with Gasteiger partial charge in [0.25, 0.3) is 0 Å². The third-order valence-electron chi connectivity index (χ3n) is 2.98. The SMILES string of the molecule is CCCCCC=CCCc1ccccc1C. The zero-order chi connectivity index (χ0) is 11.6. The summed E-state index contributed by atoms with van der Waals surface area (Å²) in [6, 6.07) is 8.67. The molecule has 1 rings (SSSR count). The Morgan fingerprint density at radius 3 is 2.50 bits per heavy atom. The van der Waals surface area contributed by atoms with Gasteiger partial charge in [-0.25, -0.2) is 0 Å². The minimum absolute atomic E-state index is 1.18. The van der Waals surface area contributed by atoms with Gasteiger partial charge in [0.2, 0.25) is 0 Å². The lowest BCUT2D eigenvalue weighted by Crippen LogP contribution is -1.87. The van der Waals surface area contributed by atoms with Crippen molar-refractivity contribution < 1.29 is 0 Å². The van der Waals surface area contributed by atoms with Crippen LogP contribution in [-0.2, 0) is 6.42 Å². The second-order valence-electron chi connectivity index (χ2n) is 4.43. The van der Waals surface area contributed by atoms with E-state index in [0.29, 0.717) is 0 Å². The molecule has 0 atom stereocenters. The van der Waals surface area contributed by atoms with Gasteiger partial charge in [0, 0.05) is 0 Å². The van der Waals surface area contributed by atoms with Gasteiger partial charge in [0.15, 0.2) is 0 Å². The highest BCUT2D eigenvalue weighted by Gasteiger charge is 1.94. The van der Waals surface area contributed by atoms with Gasteiger partial charge < -0.3 is 0 Å². The molecule has 0 aromatic heterocycles. The summed E-state index contributed by atoms with van der Waals surface area (Å²) in [5, 5.41) is 0. The predicted octanol–water partition coefficient (Wildman–Crippen LogP) is 5.06. The Bertz CT molecular complexity index is 310. The van der Waals surface area contributed by atoms with Crippen LogP contribution in [0.15, 0.2) is 36.4 Å². The summed E-state index contributed by atoms with van der Waals surface area (Å²) in [5.41, 5.74) is 2.91. The second kappa shape index (κ2) is 8.15. The van der Waals surface area contributed by atoms with Crippen molar-refractivity contribution in [3.8, 4) is 0 Å². The van der Waals surface area contributed by atoms with E-state index in [1.165, 1.54) is 49.7 Å². The smallest absolute Gasteiger partial charge is 0.0242 e. The average Bonchev–Trinajstić information content (AvgIpc) is 2.30. The number of benzene rings is 1. The zero-order valence-corrected chi connectivity index (χ0v) is 10.7. The molecule has 16 heavy (non-hydrogen) atoms. The van der Waals surface area contributed by atoms with Crippen LogP contribution < -0.4 is 0 Å². The third kappa shape index (κ3) is 5.16. The molecule has 0 aliphatic heterocycles. The summed E-state index contributed by atoms with van der Waals surface area (Å²) in [4.78, 5) is 0. The van der Waals surface area contributed by atoms with Gasteiger partial charge in [-0.2, -0.15) is 0 Å². The Morgan fingerprint density at radius 2 is 1.75 bits per heavy atom. The summed E-state index contributed by atoms with van der Waals surface area (Å²) in [5.74, 6) is 0. The molecule has 0 nitrogen and oxygen atoms in total. The Kier molecular flexibility index (Phi) is 6.64. The van der Waals surface area contributed by atoms with Crippen molar-refractivity contribution in [1.29, 1.82) is 0 Å². The van der Waals surface area contributed by atoms with Gasteiger partial charge in [-0.05, 0) is 43.7 Å². The van der Waals surface area contributed by atoms with Gasteiger partial charge in [-0.1, -0.05) is 56.2 Å². The lowest BCUT2D eigenvalue weighted by atomic mass is 10.0. The maximum absolute atomic E-state index is 2.34. The van der Waals surface area contributed by atoms with E-state index in [2.05, 4.69) is 50.3 Å². The maximum atomic E-state index is 2.34. The minimum atomic E-state index is 1.18. The fraction of sp³-hybridized carbons (Fsp3) is 0.500. The molecule has 0 heterocycles. The van der Waals surface area contributed by atoms with Gasteiger partial charge in [0.1, 0.15) is 0 Å². The van der Waals surface area contributed by atoms with Crippen LogP contribution in [-0.4, -0.2) is 0 Å². The first-order valence-electron chi connectivity index (χ1n) is 6.54. The Balaban J connectivity index is 2.18. The topological polar surface area (TPSA) is 0 Å². The summed E-state index contributed by atoms with van der Waals surface area (Å²) in [7, 11) is 0. The average molecular weight is 216 g/mol. The molecule has 1 aromatic rings. The van der Waals surface area contributed by atoms with E-state index in [9.17, 15) is 0 Å². The Labute approximate surface area is 100 Å². The van der Waals surface area contributed by atoms with E-state index >= 15 is 0 Å². The fourth-order valence-corrected chi connectivity index (χ4v) is 1.88. The van der Waals surface area contributed by atoms with Crippen LogP contribution >= 0.6 is 0 Å². The molecule has 0 N–H and O–H groups in total. The monoisotopic (exact) mass is 216 g/mol. The second-order valence-corrected chi connectivity index (χ2v) is 4.43. The van der Waals surface area contributed by atoms with Crippen LogP contribution in [0, 0.1) is 6.92 Å². The molecule has 0 unspecified atom stereocenters. The van der Waals surface area contributed by atoms with Crippen LogP contribution in [0.1, 0.15) is 50.2 Å². The molecule has 0 heteroatoms. The molecular formula is C16H24. The van der Waals surface area contributed by atoms with Crippen molar-refractivity contribution in [2.24, 2.45) is 0 Å². The maximum Gasteiger partial charge on any atom is -0.0242 e. The van der Waals surface area contributed by atoms with E-state index in [4.69, 9.17) is 0 Å². The highest BCUT2D eigenvalue weighted by atomic mass is 14.0. The van der Waals surface area contributed by atoms with Crippen LogP contribution in [0.4, 0.5) is 0 Å². The van der Waals surface area contributed by atoms with Crippen molar-refractivity contribution in [1.82, 2.24) is 0 Å². The largest absolute Gasteiger partial charge is 0.0885 e. The summed E-state index contributed by atoms with van der Waals surface area (Å²) >= 11 is 0. The Morgan fingerprint density at radius 1 is 1.00 bits per heavy atom. The standard InChI is InChI=1S/C16H24/c1-3-4-5-6-7-8-9-13-16-14-11-10-12-15(16)2/h7-8,10-12,14H,3-6,9,13H2,1-2H3. The van der Waals surface area contributed by atoms with Crippen molar-refractivity contribution in [3.63, 3.8) is 0 Å². The predicted molar refractivity (Wildman–Crippen MR) is 72.8 cm³/mol. The quantitative estimate of drug-likeness (QED) is 0.441. The van der Waals surface area contributed by atoms with E-state index in [0.717, 1.165) is 0 Å². The van der Waals surface area contributed by atoms with Crippen LogP contribution in [0.2, 0.25) is 0 Å². The molecule has 0 bridgehead atoms. The van der Waals surface area contributed by atoms with Gasteiger partial charge in [0.05, 0.1) is 0 Å². The summed E-state index contributed by atoms with van der Waals surface area (Å²) in [6.45, 7) is 4.45. The van der Waals surface area contributed by atoms with Crippen molar-refractivity contribution in [2.75, 3.05) is 0 Å². The molecule has 0 saturated heterocycles. The van der Waals surface area contributed by atoms with E-state index in [1.54, 1.807) is 0 Å². The molecule has 0 spiro atoms. The van der Waals surface area contributed by atoms with E-state index in [-0.39, 0.29) is 0 Å². The van der Waals surface area contributed by atoms with Crippen molar-refractivity contribution in [2.45, 2.75) is 52.4 Å². The lowest BCUT2D eigenvalue weighted by molar-refractivity contribution is 0.728. The highest BCUT2D eigenvalue weighted by Crippen LogP contribution is 2.10. The number of unbranched alkanes of at least 4 members (excludes halogenated alkanes) is 3. The minimum Gasteiger partial charge on any atom is -0.0885 e. The highest BCUT2D eigenvalue weighted by molar-refractivity contribution is 5.25. The van der Waals surface area contributed by atoms with E-state index in [1.807, 2.05) is 0 Å². The first-order chi connectivity index (χ1) is 7.84. The number of aryl methyl sites for hydroxylation is 2. The zero-order valence-electron chi connectivity index (χ0n) is 10.7. The normalized spacial score (nSPS) is 11.1. The Hall–Kier alpha value is -1.04. The molecule has 0 radical (unpaired) electrons. The molecule has 88 valence electrons. The molecule has 0 aliphatic carbocycles. The third-order valence-corrected chi connectivity index (χ3v) is 2.98. The summed E-state index contributed by atoms with van der Waals surface area (Å²) < 4.78 is 0. The first-order valence-corrected chi connectivity index (χ1v) is 6.54. The van der Waals surface area contributed by atoms with Gasteiger partial charge in [-0.15, -0.1) is 0 Å². The lowest BCUT2D eigenvalue weighted by Gasteiger charge is -2.02.